The van der Waals surface area contributed by atoms with Gasteiger partial charge in [0.1, 0.15) is 5.75 Å². The molecule has 3 aromatic carbocycles. The molecule has 3 rings (SSSR count). The van der Waals surface area contributed by atoms with Crippen molar-refractivity contribution >= 4 is 56.2 Å². The summed E-state index contributed by atoms with van der Waals surface area (Å²) >= 11 is 18.2. The highest BCUT2D eigenvalue weighted by molar-refractivity contribution is 7.92. The van der Waals surface area contributed by atoms with Gasteiger partial charge in [0, 0.05) is 12.1 Å². The Bertz CT molecular complexity index is 1280. The highest BCUT2D eigenvalue weighted by Crippen LogP contribution is 2.41. The first kappa shape index (κ1) is 23.0. The fourth-order valence-electron chi connectivity index (χ4n) is 2.37. The van der Waals surface area contributed by atoms with Crippen LogP contribution in [-0.2, 0) is 10.0 Å². The topological polar surface area (TPSA) is 98.5 Å². The van der Waals surface area contributed by atoms with Crippen molar-refractivity contribution in [2.75, 3.05) is 4.72 Å². The van der Waals surface area contributed by atoms with Gasteiger partial charge in [-0.1, -0.05) is 40.9 Å². The molecular formula is C18H9Cl3F2N2O5S. The minimum absolute atomic E-state index is 0.0216. The van der Waals surface area contributed by atoms with Gasteiger partial charge >= 0.3 is 0 Å². The van der Waals surface area contributed by atoms with E-state index < -0.39 is 37.2 Å². The normalized spacial score (nSPS) is 11.3. The lowest BCUT2D eigenvalue weighted by Crippen LogP contribution is -2.14. The zero-order valence-corrected chi connectivity index (χ0v) is 18.0. The molecule has 0 heterocycles. The number of nitrogens with zero attached hydrogens (tertiary/aromatic N) is 1. The molecule has 0 aromatic heterocycles. The van der Waals surface area contributed by atoms with Gasteiger partial charge in [0.05, 0.1) is 30.6 Å². The number of nitro groups is 1. The molecule has 0 aliphatic heterocycles. The van der Waals surface area contributed by atoms with Crippen LogP contribution in [-0.4, -0.2) is 13.3 Å². The van der Waals surface area contributed by atoms with Crippen molar-refractivity contribution in [3.05, 3.63) is 85.3 Å². The second kappa shape index (κ2) is 8.83. The van der Waals surface area contributed by atoms with Crippen LogP contribution >= 0.6 is 34.8 Å². The summed E-state index contributed by atoms with van der Waals surface area (Å²) in [5.41, 5.74) is -0.878. The monoisotopic (exact) mass is 508 g/mol. The van der Waals surface area contributed by atoms with E-state index in [0.717, 1.165) is 42.5 Å². The van der Waals surface area contributed by atoms with Crippen LogP contribution in [0.1, 0.15) is 0 Å². The van der Waals surface area contributed by atoms with Crippen LogP contribution in [0.2, 0.25) is 15.1 Å². The molecule has 0 fully saturated rings. The number of anilines is 1. The molecular weight excluding hydrogens is 501 g/mol. The summed E-state index contributed by atoms with van der Waals surface area (Å²) in [5, 5.41) is 10.2. The lowest BCUT2D eigenvalue weighted by Gasteiger charge is -2.14. The van der Waals surface area contributed by atoms with Crippen LogP contribution in [0.5, 0.6) is 11.5 Å². The van der Waals surface area contributed by atoms with Gasteiger partial charge in [0.25, 0.3) is 15.7 Å². The molecule has 0 aliphatic carbocycles. The maximum Gasteiger partial charge on any atom is 0.271 e. The van der Waals surface area contributed by atoms with E-state index in [1.165, 1.54) is 6.07 Å². The first-order chi connectivity index (χ1) is 14.5. The summed E-state index contributed by atoms with van der Waals surface area (Å²) in [5.74, 6) is -2.81. The third kappa shape index (κ3) is 4.99. The Hall–Kier alpha value is -2.66. The number of rotatable bonds is 6. The number of halogens is 5. The van der Waals surface area contributed by atoms with Crippen molar-refractivity contribution < 1.29 is 26.9 Å². The van der Waals surface area contributed by atoms with E-state index in [4.69, 9.17) is 39.5 Å². The Kier molecular flexibility index (Phi) is 6.56. The quantitative estimate of drug-likeness (QED) is 0.305. The standard InChI is InChI=1S/C18H9Cl3F2N2O5S/c19-11-6-9(25(26)27)4-5-16(11)30-18-12(20)7-10(8-13(18)21)31(28,29)24-15-3-1-2-14(22)17(15)23/h1-8,24H. The number of hydrogen-bond acceptors (Lipinski definition) is 5. The number of ether oxygens (including phenoxy) is 1. The summed E-state index contributed by atoms with van der Waals surface area (Å²) in [4.78, 5) is 9.69. The SMILES string of the molecule is O=[N+]([O-])c1ccc(Oc2c(Cl)cc(S(=O)(=O)Nc3cccc(F)c3F)cc2Cl)c(Cl)c1. The number of nitrogens with one attached hydrogen (secondary N) is 1. The summed E-state index contributed by atoms with van der Waals surface area (Å²) in [6, 6.07) is 8.34. The molecule has 1 N–H and O–H groups in total. The van der Waals surface area contributed by atoms with E-state index >= 15 is 0 Å². The van der Waals surface area contributed by atoms with Crippen molar-refractivity contribution in [1.29, 1.82) is 0 Å². The first-order valence-corrected chi connectivity index (χ1v) is 10.7. The summed E-state index contributed by atoms with van der Waals surface area (Å²) in [7, 11) is -4.39. The van der Waals surface area contributed by atoms with Crippen molar-refractivity contribution in [3.8, 4) is 11.5 Å². The number of sulfonamides is 1. The highest BCUT2D eigenvalue weighted by Gasteiger charge is 2.22. The molecule has 0 atom stereocenters. The maximum atomic E-state index is 13.8. The summed E-state index contributed by atoms with van der Waals surface area (Å²) in [6.45, 7) is 0. The molecule has 0 spiro atoms. The molecule has 13 heteroatoms. The number of non-ortho nitro benzene ring substituents is 1. The molecule has 3 aromatic rings. The summed E-state index contributed by atoms with van der Waals surface area (Å²) in [6.07, 6.45) is 0. The van der Waals surface area contributed by atoms with Crippen molar-refractivity contribution in [1.82, 2.24) is 0 Å². The Morgan fingerprint density at radius 2 is 1.61 bits per heavy atom. The van der Waals surface area contributed by atoms with Gasteiger partial charge in [-0.2, -0.15) is 0 Å². The Morgan fingerprint density at radius 3 is 2.19 bits per heavy atom. The lowest BCUT2D eigenvalue weighted by atomic mass is 10.3. The van der Waals surface area contributed by atoms with E-state index in [1.54, 1.807) is 0 Å². The Morgan fingerprint density at radius 1 is 0.968 bits per heavy atom. The average molecular weight is 510 g/mol. The number of benzene rings is 3. The van der Waals surface area contributed by atoms with E-state index in [2.05, 4.69) is 0 Å². The number of nitro benzene ring substituents is 1. The molecule has 0 bridgehead atoms. The average Bonchev–Trinajstić information content (AvgIpc) is 2.68. The van der Waals surface area contributed by atoms with E-state index in [9.17, 15) is 27.3 Å². The fourth-order valence-corrected chi connectivity index (χ4v) is 4.39. The smallest absolute Gasteiger partial charge is 0.271 e. The molecule has 0 aliphatic rings. The highest BCUT2D eigenvalue weighted by atomic mass is 35.5. The van der Waals surface area contributed by atoms with Crippen molar-refractivity contribution in [2.45, 2.75) is 4.90 Å². The third-order valence-electron chi connectivity index (χ3n) is 3.82. The third-order valence-corrected chi connectivity index (χ3v) is 6.02. The van der Waals surface area contributed by atoms with Gasteiger partial charge in [-0.3, -0.25) is 14.8 Å². The van der Waals surface area contributed by atoms with Crippen LogP contribution in [0, 0.1) is 21.7 Å². The van der Waals surface area contributed by atoms with Gasteiger partial charge in [-0.05, 0) is 30.3 Å². The first-order valence-electron chi connectivity index (χ1n) is 8.07. The van der Waals surface area contributed by atoms with Gasteiger partial charge in [0.2, 0.25) is 0 Å². The minimum atomic E-state index is -4.39. The molecule has 0 saturated carbocycles. The largest absolute Gasteiger partial charge is 0.453 e. The van der Waals surface area contributed by atoms with E-state index in [1.807, 2.05) is 4.72 Å². The van der Waals surface area contributed by atoms with Gasteiger partial charge < -0.3 is 4.74 Å². The Balaban J connectivity index is 1.93. The van der Waals surface area contributed by atoms with E-state index in [0.29, 0.717) is 0 Å². The predicted molar refractivity (Wildman–Crippen MR) is 112 cm³/mol. The second-order valence-electron chi connectivity index (χ2n) is 5.90. The zero-order valence-electron chi connectivity index (χ0n) is 14.9. The van der Waals surface area contributed by atoms with Gasteiger partial charge in [-0.25, -0.2) is 17.2 Å². The van der Waals surface area contributed by atoms with Gasteiger partial charge in [-0.15, -0.1) is 0 Å². The zero-order chi connectivity index (χ0) is 22.9. The molecule has 7 nitrogen and oxygen atoms in total. The molecule has 162 valence electrons. The van der Waals surface area contributed by atoms with E-state index in [-0.39, 0.29) is 32.3 Å². The molecule has 0 radical (unpaired) electrons. The number of hydrogen-bond donors (Lipinski definition) is 1. The fraction of sp³-hybridized carbons (Fsp3) is 0. The van der Waals surface area contributed by atoms with Crippen molar-refractivity contribution in [3.63, 3.8) is 0 Å². The minimum Gasteiger partial charge on any atom is -0.453 e. The maximum absolute atomic E-state index is 13.8. The predicted octanol–water partition coefficient (Wildman–Crippen LogP) is 6.43. The summed E-state index contributed by atoms with van der Waals surface area (Å²) < 4.78 is 59.6. The van der Waals surface area contributed by atoms with Crippen LogP contribution in [0.3, 0.4) is 0 Å². The molecule has 0 amide bonds. The molecule has 31 heavy (non-hydrogen) atoms. The van der Waals surface area contributed by atoms with Gasteiger partial charge in [0.15, 0.2) is 17.4 Å². The van der Waals surface area contributed by atoms with Crippen molar-refractivity contribution in [2.24, 2.45) is 0 Å². The lowest BCUT2D eigenvalue weighted by molar-refractivity contribution is -0.384. The second-order valence-corrected chi connectivity index (χ2v) is 8.80. The van der Waals surface area contributed by atoms with Crippen LogP contribution in [0.15, 0.2) is 53.4 Å². The van der Waals surface area contributed by atoms with Crippen LogP contribution < -0.4 is 9.46 Å². The molecule has 0 saturated heterocycles. The Labute approximate surface area is 189 Å². The van der Waals surface area contributed by atoms with Crippen LogP contribution in [0.4, 0.5) is 20.2 Å². The molecule has 0 unspecified atom stereocenters. The van der Waals surface area contributed by atoms with Crippen LogP contribution in [0.25, 0.3) is 0 Å².